The number of hydrogen-bond acceptors (Lipinski definition) is 2. The van der Waals surface area contributed by atoms with Gasteiger partial charge in [0.05, 0.1) is 11.3 Å². The van der Waals surface area contributed by atoms with Gasteiger partial charge < -0.3 is 4.90 Å². The van der Waals surface area contributed by atoms with Crippen molar-refractivity contribution in [3.05, 3.63) is 28.2 Å². The summed E-state index contributed by atoms with van der Waals surface area (Å²) in [5.74, 6) is -0.891. The average Bonchev–Trinajstić information content (AvgIpc) is 2.70. The van der Waals surface area contributed by atoms with Gasteiger partial charge in [0.1, 0.15) is 0 Å². The molecule has 0 bridgehead atoms. The molecule has 0 atom stereocenters. The van der Waals surface area contributed by atoms with E-state index in [-0.39, 0.29) is 0 Å². The van der Waals surface area contributed by atoms with E-state index in [0.29, 0.717) is 11.3 Å². The highest BCUT2D eigenvalue weighted by Gasteiger charge is 2.32. The lowest BCUT2D eigenvalue weighted by molar-refractivity contribution is -0.114. The van der Waals surface area contributed by atoms with Gasteiger partial charge in [-0.3, -0.25) is 9.59 Å². The van der Waals surface area contributed by atoms with Crippen LogP contribution in [0.1, 0.15) is 51.9 Å². The van der Waals surface area contributed by atoms with Gasteiger partial charge in [-0.1, -0.05) is 57.5 Å². The second-order valence-electron chi connectivity index (χ2n) is 2.85. The van der Waals surface area contributed by atoms with Crippen LogP contribution in [-0.2, 0) is 4.79 Å². The molecule has 1 amide bonds. The number of fused-ring (bicyclic) bond motifs is 1. The van der Waals surface area contributed by atoms with E-state index in [1.165, 1.54) is 4.90 Å². The molecule has 0 saturated carbocycles. The lowest BCUT2D eigenvalue weighted by atomic mass is 10.1. The number of rotatable bonds is 0. The summed E-state index contributed by atoms with van der Waals surface area (Å²) in [7, 11) is 1.60. The first-order chi connectivity index (χ1) is 9.11. The Morgan fingerprint density at radius 2 is 1.42 bits per heavy atom. The summed E-state index contributed by atoms with van der Waals surface area (Å²) >= 11 is 3.28. The van der Waals surface area contributed by atoms with Gasteiger partial charge in [-0.15, -0.1) is 0 Å². The van der Waals surface area contributed by atoms with Gasteiger partial charge in [-0.25, -0.2) is 0 Å². The van der Waals surface area contributed by atoms with Gasteiger partial charge in [0, 0.05) is 11.5 Å². The summed E-state index contributed by atoms with van der Waals surface area (Å²) in [5, 5.41) is 0. The van der Waals surface area contributed by atoms with Crippen LogP contribution in [0.25, 0.3) is 0 Å². The SMILES string of the molecule is CC.CC.CC.CN1C(=O)C(=O)c2ccc(Br)cc21. The molecule has 4 heteroatoms. The number of carbonyl (C=O) groups excluding carboxylic acids is 2. The Labute approximate surface area is 125 Å². The quantitative estimate of drug-likeness (QED) is 0.647. The van der Waals surface area contributed by atoms with Crippen molar-refractivity contribution in [1.29, 1.82) is 0 Å². The van der Waals surface area contributed by atoms with Crippen molar-refractivity contribution in [2.75, 3.05) is 11.9 Å². The number of hydrogen-bond donors (Lipinski definition) is 0. The fourth-order valence-electron chi connectivity index (χ4n) is 1.35. The van der Waals surface area contributed by atoms with E-state index < -0.39 is 11.7 Å². The van der Waals surface area contributed by atoms with Crippen LogP contribution in [0.4, 0.5) is 5.69 Å². The smallest absolute Gasteiger partial charge is 0.299 e. The summed E-state index contributed by atoms with van der Waals surface area (Å²) in [6.45, 7) is 12.0. The van der Waals surface area contributed by atoms with E-state index in [1.807, 2.05) is 41.5 Å². The van der Waals surface area contributed by atoms with Crippen molar-refractivity contribution in [3.63, 3.8) is 0 Å². The number of nitrogens with zero attached hydrogens (tertiary/aromatic N) is 1. The Morgan fingerprint density at radius 3 is 1.89 bits per heavy atom. The van der Waals surface area contributed by atoms with Gasteiger partial charge in [0.2, 0.25) is 0 Å². The minimum atomic E-state index is -0.465. The summed E-state index contributed by atoms with van der Waals surface area (Å²) in [6, 6.07) is 5.17. The molecule has 0 aliphatic carbocycles. The molecule has 0 unspecified atom stereocenters. The molecule has 0 aromatic heterocycles. The van der Waals surface area contributed by atoms with Crippen LogP contribution in [0, 0.1) is 0 Å². The normalized spacial score (nSPS) is 11.3. The number of amides is 1. The summed E-state index contributed by atoms with van der Waals surface area (Å²) < 4.78 is 0.862. The predicted octanol–water partition coefficient (Wildman–Crippen LogP) is 4.69. The first-order valence-corrected chi connectivity index (χ1v) is 7.52. The van der Waals surface area contributed by atoms with E-state index in [0.717, 1.165) is 4.47 Å². The molecule has 0 spiro atoms. The Balaban J connectivity index is 0. The molecule has 3 nitrogen and oxygen atoms in total. The van der Waals surface area contributed by atoms with E-state index in [4.69, 9.17) is 0 Å². The molecule has 1 heterocycles. The molecule has 0 saturated heterocycles. The van der Waals surface area contributed by atoms with Crippen molar-refractivity contribution in [3.8, 4) is 0 Å². The Hall–Kier alpha value is -1.16. The number of carbonyl (C=O) groups is 2. The van der Waals surface area contributed by atoms with E-state index in [9.17, 15) is 9.59 Å². The number of Topliss-reactive ketones (excluding diaryl/α,β-unsaturated/α-hetero) is 1. The average molecular weight is 330 g/mol. The minimum absolute atomic E-state index is 0.426. The number of halogens is 1. The second kappa shape index (κ2) is 10.7. The van der Waals surface area contributed by atoms with Gasteiger partial charge in [0.15, 0.2) is 0 Å². The third-order valence-corrected chi connectivity index (χ3v) is 2.56. The zero-order chi connectivity index (χ0) is 15.6. The fourth-order valence-corrected chi connectivity index (χ4v) is 1.70. The van der Waals surface area contributed by atoms with Gasteiger partial charge in [-0.2, -0.15) is 0 Å². The zero-order valence-electron chi connectivity index (χ0n) is 12.9. The van der Waals surface area contributed by atoms with Crippen molar-refractivity contribution in [2.24, 2.45) is 0 Å². The molecule has 0 N–H and O–H groups in total. The number of benzene rings is 1. The van der Waals surface area contributed by atoms with E-state index in [1.54, 1.807) is 25.2 Å². The maximum atomic E-state index is 11.3. The molecule has 1 aliphatic heterocycles. The van der Waals surface area contributed by atoms with Crippen molar-refractivity contribution in [1.82, 2.24) is 0 Å². The monoisotopic (exact) mass is 329 g/mol. The third kappa shape index (κ3) is 4.78. The highest BCUT2D eigenvalue weighted by Crippen LogP contribution is 2.30. The lowest BCUT2D eigenvalue weighted by Crippen LogP contribution is -2.24. The molecular formula is C15H24BrNO2. The van der Waals surface area contributed by atoms with Gasteiger partial charge >= 0.3 is 0 Å². The number of anilines is 1. The summed E-state index contributed by atoms with van der Waals surface area (Å²) in [5.41, 5.74) is 1.15. The topological polar surface area (TPSA) is 37.4 Å². The maximum absolute atomic E-state index is 11.3. The molecule has 0 fully saturated rings. The van der Waals surface area contributed by atoms with Crippen LogP contribution in [0.3, 0.4) is 0 Å². The largest absolute Gasteiger partial charge is 0.308 e. The molecular weight excluding hydrogens is 306 g/mol. The van der Waals surface area contributed by atoms with Crippen LogP contribution < -0.4 is 4.90 Å². The Kier molecular flexibility index (Phi) is 11.4. The van der Waals surface area contributed by atoms with Gasteiger partial charge in [-0.05, 0) is 18.2 Å². The van der Waals surface area contributed by atoms with E-state index in [2.05, 4.69) is 15.9 Å². The highest BCUT2D eigenvalue weighted by molar-refractivity contribution is 9.10. The Bertz CT molecular complexity index is 417. The molecule has 1 aromatic carbocycles. The lowest BCUT2D eigenvalue weighted by Gasteiger charge is -2.07. The first kappa shape index (κ1) is 20.2. The highest BCUT2D eigenvalue weighted by atomic mass is 79.9. The molecule has 0 radical (unpaired) electrons. The predicted molar refractivity (Wildman–Crippen MR) is 85.9 cm³/mol. The maximum Gasteiger partial charge on any atom is 0.299 e. The standard InChI is InChI=1S/C9H6BrNO2.3C2H6/c1-11-7-4-5(10)2-3-6(7)8(12)9(11)13;3*1-2/h2-4H,1H3;3*1-2H3. The van der Waals surface area contributed by atoms with Crippen LogP contribution in [0.5, 0.6) is 0 Å². The molecule has 1 aromatic rings. The summed E-state index contributed by atoms with van der Waals surface area (Å²) in [6.07, 6.45) is 0. The molecule has 1 aliphatic rings. The fraction of sp³-hybridized carbons (Fsp3) is 0.467. The minimum Gasteiger partial charge on any atom is -0.308 e. The van der Waals surface area contributed by atoms with Gasteiger partial charge in [0.25, 0.3) is 11.7 Å². The number of likely N-dealkylation sites (N-methyl/N-ethyl adjacent to an activating group) is 1. The summed E-state index contributed by atoms with van der Waals surface area (Å²) in [4.78, 5) is 23.9. The Morgan fingerprint density at radius 1 is 0.947 bits per heavy atom. The van der Waals surface area contributed by atoms with Crippen LogP contribution in [0.15, 0.2) is 22.7 Å². The van der Waals surface area contributed by atoms with Crippen LogP contribution >= 0.6 is 15.9 Å². The third-order valence-electron chi connectivity index (χ3n) is 2.06. The van der Waals surface area contributed by atoms with E-state index >= 15 is 0 Å². The van der Waals surface area contributed by atoms with Crippen molar-refractivity contribution in [2.45, 2.75) is 41.5 Å². The zero-order valence-corrected chi connectivity index (χ0v) is 14.5. The second-order valence-corrected chi connectivity index (χ2v) is 3.77. The van der Waals surface area contributed by atoms with Crippen molar-refractivity contribution >= 4 is 33.3 Å². The number of ketones is 1. The first-order valence-electron chi connectivity index (χ1n) is 6.73. The molecule has 108 valence electrons. The molecule has 19 heavy (non-hydrogen) atoms. The van der Waals surface area contributed by atoms with Crippen molar-refractivity contribution < 1.29 is 9.59 Å². The van der Waals surface area contributed by atoms with Crippen LogP contribution in [0.2, 0.25) is 0 Å². The molecule has 2 rings (SSSR count). The van der Waals surface area contributed by atoms with Crippen LogP contribution in [-0.4, -0.2) is 18.7 Å².